The van der Waals surface area contributed by atoms with Crippen LogP contribution in [0.3, 0.4) is 0 Å². The number of nitrogens with zero attached hydrogens (tertiary/aromatic N) is 1. The SMILES string of the molecule is Cc1cc2cc(C)c1CCOC(=O)Nc1cccc(c1)CN(CCC=O)C(=O)[C@@H]2Nc1ccc2cc[nH]c(=O)c2c1. The van der Waals surface area contributed by atoms with Crippen molar-refractivity contribution < 1.29 is 19.1 Å². The first-order valence-corrected chi connectivity index (χ1v) is 13.6. The number of hydrogen-bond donors (Lipinski definition) is 3. The number of aldehydes is 1. The predicted molar refractivity (Wildman–Crippen MR) is 158 cm³/mol. The van der Waals surface area contributed by atoms with Gasteiger partial charge in [0.1, 0.15) is 12.3 Å². The molecule has 0 saturated heterocycles. The van der Waals surface area contributed by atoms with E-state index in [1.165, 1.54) is 0 Å². The normalized spacial score (nSPS) is 15.9. The van der Waals surface area contributed by atoms with Crippen LogP contribution in [0.2, 0.25) is 0 Å². The maximum atomic E-state index is 14.3. The lowest BCUT2D eigenvalue weighted by atomic mass is 9.93. The van der Waals surface area contributed by atoms with E-state index in [2.05, 4.69) is 15.6 Å². The number of benzene rings is 3. The van der Waals surface area contributed by atoms with Crippen LogP contribution in [0.1, 0.15) is 40.3 Å². The van der Waals surface area contributed by atoms with Crippen LogP contribution in [-0.4, -0.2) is 41.3 Å². The van der Waals surface area contributed by atoms with Gasteiger partial charge in [0, 0.05) is 48.9 Å². The summed E-state index contributed by atoms with van der Waals surface area (Å²) in [5.74, 6) is -0.217. The summed E-state index contributed by atoms with van der Waals surface area (Å²) in [6.07, 6.45) is 2.55. The summed E-state index contributed by atoms with van der Waals surface area (Å²) < 4.78 is 5.45. The van der Waals surface area contributed by atoms with E-state index < -0.39 is 12.1 Å². The van der Waals surface area contributed by atoms with Gasteiger partial charge in [0.25, 0.3) is 5.56 Å². The number of fused-ring (bicyclic) bond motifs is 10. The maximum Gasteiger partial charge on any atom is 0.411 e. The molecule has 4 aromatic rings. The van der Waals surface area contributed by atoms with Crippen LogP contribution in [0.4, 0.5) is 16.2 Å². The molecule has 0 unspecified atom stereocenters. The van der Waals surface area contributed by atoms with E-state index in [1.807, 2.05) is 50.2 Å². The minimum Gasteiger partial charge on any atom is -0.449 e. The van der Waals surface area contributed by atoms with Crippen LogP contribution in [0.25, 0.3) is 10.8 Å². The summed E-state index contributed by atoms with van der Waals surface area (Å²) in [7, 11) is 0. The number of nitrogens with one attached hydrogen (secondary N) is 3. The van der Waals surface area contributed by atoms with Gasteiger partial charge in [-0.15, -0.1) is 0 Å². The van der Waals surface area contributed by atoms with E-state index in [-0.39, 0.29) is 37.6 Å². The molecule has 0 radical (unpaired) electrons. The smallest absolute Gasteiger partial charge is 0.411 e. The highest BCUT2D eigenvalue weighted by atomic mass is 16.5. The summed E-state index contributed by atoms with van der Waals surface area (Å²) in [5.41, 5.74) is 5.47. The molecule has 3 aromatic carbocycles. The first-order chi connectivity index (χ1) is 19.8. The molecule has 6 rings (SSSR count). The summed E-state index contributed by atoms with van der Waals surface area (Å²) in [6.45, 7) is 4.59. The fourth-order valence-electron chi connectivity index (χ4n) is 5.34. The molecule has 2 aliphatic heterocycles. The molecule has 0 saturated carbocycles. The van der Waals surface area contributed by atoms with Crippen molar-refractivity contribution >= 4 is 40.4 Å². The molecule has 0 spiro atoms. The van der Waals surface area contributed by atoms with Gasteiger partial charge in [-0.2, -0.15) is 0 Å². The van der Waals surface area contributed by atoms with Crippen LogP contribution in [-0.2, 0) is 27.3 Å². The largest absolute Gasteiger partial charge is 0.449 e. The van der Waals surface area contributed by atoms with Gasteiger partial charge in [-0.1, -0.05) is 30.3 Å². The van der Waals surface area contributed by atoms with Gasteiger partial charge in [0.15, 0.2) is 0 Å². The van der Waals surface area contributed by atoms with E-state index in [1.54, 1.807) is 35.4 Å². The Kier molecular flexibility index (Phi) is 8.14. The second-order valence-corrected chi connectivity index (χ2v) is 10.2. The number of aryl methyl sites for hydroxylation is 2. The number of H-pyrrole nitrogens is 1. The number of hydrogen-bond acceptors (Lipinski definition) is 6. The Morgan fingerprint density at radius 3 is 2.61 bits per heavy atom. The van der Waals surface area contributed by atoms with E-state index >= 15 is 0 Å². The quantitative estimate of drug-likeness (QED) is 0.299. The third-order valence-electron chi connectivity index (χ3n) is 7.35. The van der Waals surface area contributed by atoms with E-state index in [4.69, 9.17) is 4.74 Å². The van der Waals surface area contributed by atoms with Gasteiger partial charge in [-0.3, -0.25) is 14.9 Å². The predicted octanol–water partition coefficient (Wildman–Crippen LogP) is 5.02. The Hall–Kier alpha value is -4.92. The second-order valence-electron chi connectivity index (χ2n) is 10.2. The number of ether oxygens (including phenoxy) is 1. The molecule has 41 heavy (non-hydrogen) atoms. The Balaban J connectivity index is 1.61. The number of pyridine rings is 1. The lowest BCUT2D eigenvalue weighted by Crippen LogP contribution is -2.38. The van der Waals surface area contributed by atoms with Crippen LogP contribution in [0.15, 0.2) is 71.7 Å². The number of anilines is 2. The van der Waals surface area contributed by atoms with E-state index in [0.29, 0.717) is 23.2 Å². The van der Waals surface area contributed by atoms with E-state index in [0.717, 1.165) is 39.5 Å². The number of carbonyl (C=O) groups is 3. The van der Waals surface area contributed by atoms with Crippen molar-refractivity contribution in [1.82, 2.24) is 9.88 Å². The third-order valence-corrected chi connectivity index (χ3v) is 7.35. The molecule has 2 amide bonds. The van der Waals surface area contributed by atoms with E-state index in [9.17, 15) is 19.2 Å². The van der Waals surface area contributed by atoms with Gasteiger partial charge in [-0.25, -0.2) is 4.79 Å². The van der Waals surface area contributed by atoms with Gasteiger partial charge >= 0.3 is 6.09 Å². The fourth-order valence-corrected chi connectivity index (χ4v) is 5.34. The third kappa shape index (κ3) is 6.30. The molecular weight excluding hydrogens is 520 g/mol. The molecule has 9 nitrogen and oxygen atoms in total. The molecule has 0 aliphatic carbocycles. The van der Waals surface area contributed by atoms with Crippen molar-refractivity contribution in [2.75, 3.05) is 23.8 Å². The average molecular weight is 553 g/mol. The lowest BCUT2D eigenvalue weighted by Gasteiger charge is -2.29. The summed E-state index contributed by atoms with van der Waals surface area (Å²) in [4.78, 5) is 54.9. The highest BCUT2D eigenvalue weighted by Gasteiger charge is 2.28. The lowest BCUT2D eigenvalue weighted by molar-refractivity contribution is -0.133. The van der Waals surface area contributed by atoms with Gasteiger partial charge in [0.2, 0.25) is 5.91 Å². The zero-order valence-corrected chi connectivity index (χ0v) is 23.0. The topological polar surface area (TPSA) is 121 Å². The van der Waals surface area contributed by atoms with Gasteiger partial charge in [-0.05, 0) is 77.4 Å². The Morgan fingerprint density at radius 2 is 1.83 bits per heavy atom. The minimum absolute atomic E-state index is 0.172. The Labute approximate surface area is 237 Å². The summed E-state index contributed by atoms with van der Waals surface area (Å²) in [5, 5.41) is 7.45. The highest BCUT2D eigenvalue weighted by Crippen LogP contribution is 2.29. The highest BCUT2D eigenvalue weighted by molar-refractivity contribution is 5.89. The Bertz CT molecular complexity index is 1660. The van der Waals surface area contributed by atoms with Crippen molar-refractivity contribution in [3.63, 3.8) is 0 Å². The first-order valence-electron chi connectivity index (χ1n) is 13.6. The molecule has 4 bridgehead atoms. The fraction of sp³-hybridized carbons (Fsp3) is 0.250. The van der Waals surface area contributed by atoms with Crippen LogP contribution in [0.5, 0.6) is 0 Å². The van der Waals surface area contributed by atoms with Gasteiger partial charge in [0.05, 0.1) is 6.61 Å². The number of rotatable bonds is 5. The zero-order valence-electron chi connectivity index (χ0n) is 23.0. The second kappa shape index (κ2) is 12.1. The van der Waals surface area contributed by atoms with Crippen molar-refractivity contribution in [2.45, 2.75) is 39.3 Å². The number of aromatic amines is 1. The van der Waals surface area contributed by atoms with Crippen LogP contribution in [0, 0.1) is 13.8 Å². The molecule has 1 aromatic heterocycles. The number of amides is 2. The molecule has 3 heterocycles. The Morgan fingerprint density at radius 1 is 1.02 bits per heavy atom. The first kappa shape index (κ1) is 27.6. The molecular formula is C32H32N4O5. The molecule has 2 aliphatic rings. The van der Waals surface area contributed by atoms with Crippen molar-refractivity contribution in [3.05, 3.63) is 105 Å². The zero-order chi connectivity index (χ0) is 28.9. The molecule has 1 atom stereocenters. The minimum atomic E-state index is -0.791. The maximum absolute atomic E-state index is 14.3. The van der Waals surface area contributed by atoms with Crippen LogP contribution < -0.4 is 16.2 Å². The van der Waals surface area contributed by atoms with Crippen molar-refractivity contribution in [1.29, 1.82) is 0 Å². The van der Waals surface area contributed by atoms with Crippen LogP contribution >= 0.6 is 0 Å². The van der Waals surface area contributed by atoms with Crippen molar-refractivity contribution in [2.24, 2.45) is 0 Å². The molecule has 0 fully saturated rings. The summed E-state index contributed by atoms with van der Waals surface area (Å²) in [6, 6.07) is 17.6. The standard InChI is InChI=1S/C32H32N4O5/c1-20-15-24-16-21(2)27(20)10-14-41-32(40)35-25-6-3-5-22(17-25)19-36(12-4-13-37)31(39)29(24)34-26-8-7-23-9-11-33-30(38)28(23)18-26/h3,5-9,11,13,15-18,29,34H,4,10,12,14,19H2,1-2H3,(H,33,38)(H,35,40)/t29-/m1/s1. The monoisotopic (exact) mass is 552 g/mol. The van der Waals surface area contributed by atoms with Crippen molar-refractivity contribution in [3.8, 4) is 0 Å². The number of aromatic nitrogens is 1. The average Bonchev–Trinajstić information content (AvgIpc) is 2.95. The molecule has 3 N–H and O–H groups in total. The van der Waals surface area contributed by atoms with Gasteiger partial charge < -0.3 is 24.7 Å². The molecule has 210 valence electrons. The molecule has 9 heteroatoms. The number of carbonyl (C=O) groups excluding carboxylic acids is 3. The summed E-state index contributed by atoms with van der Waals surface area (Å²) >= 11 is 0.